The molecule has 0 radical (unpaired) electrons. The zero-order chi connectivity index (χ0) is 17.7. The van der Waals surface area contributed by atoms with Gasteiger partial charge in [0, 0.05) is 32.7 Å². The van der Waals surface area contributed by atoms with Crippen molar-refractivity contribution in [2.24, 2.45) is 5.41 Å². The Hall–Kier alpha value is -1.92. The summed E-state index contributed by atoms with van der Waals surface area (Å²) in [5.74, 6) is -0.289. The Morgan fingerprint density at radius 2 is 1.80 bits per heavy atom. The Kier molecular flexibility index (Phi) is 5.71. The number of benzene rings is 1. The number of carbonyl (C=O) groups excluding carboxylic acids is 2. The molecule has 1 aromatic rings. The molecule has 1 saturated carbocycles. The molecule has 1 aliphatic carbocycles. The van der Waals surface area contributed by atoms with Crippen molar-refractivity contribution in [2.45, 2.75) is 26.3 Å². The molecule has 2 aliphatic rings. The number of ether oxygens (including phenoxy) is 1. The number of carbonyl (C=O) groups is 2. The average Bonchev–Trinajstić information content (AvgIpc) is 3.44. The highest BCUT2D eigenvalue weighted by Crippen LogP contribution is 2.46. The molecule has 6 heteroatoms. The summed E-state index contributed by atoms with van der Waals surface area (Å²) in [4.78, 5) is 27.3. The third-order valence-electron chi connectivity index (χ3n) is 5.14. The van der Waals surface area contributed by atoms with Crippen LogP contribution in [0.15, 0.2) is 24.3 Å². The largest absolute Gasteiger partial charge is 0.379 e. The topological polar surface area (TPSA) is 70.7 Å². The Morgan fingerprint density at radius 3 is 2.48 bits per heavy atom. The first-order chi connectivity index (χ1) is 12.1. The summed E-state index contributed by atoms with van der Waals surface area (Å²) in [6.45, 7) is 7.16. The zero-order valence-corrected chi connectivity index (χ0v) is 14.8. The Balaban J connectivity index is 1.44. The Bertz CT molecular complexity index is 622. The fourth-order valence-corrected chi connectivity index (χ4v) is 3.16. The van der Waals surface area contributed by atoms with Crippen LogP contribution in [0.4, 0.5) is 0 Å². The van der Waals surface area contributed by atoms with Crippen LogP contribution in [0.3, 0.4) is 0 Å². The summed E-state index contributed by atoms with van der Waals surface area (Å²) in [6, 6.07) is 7.95. The van der Waals surface area contributed by atoms with E-state index in [9.17, 15) is 9.59 Å². The molecule has 6 nitrogen and oxygen atoms in total. The van der Waals surface area contributed by atoms with Gasteiger partial charge in [-0.2, -0.15) is 0 Å². The number of hydrogen-bond acceptors (Lipinski definition) is 4. The second kappa shape index (κ2) is 7.97. The number of aryl methyl sites for hydroxylation is 1. The molecule has 1 aliphatic heterocycles. The van der Waals surface area contributed by atoms with Gasteiger partial charge in [0.05, 0.1) is 13.2 Å². The van der Waals surface area contributed by atoms with Gasteiger partial charge in [0.1, 0.15) is 5.41 Å². The summed E-state index contributed by atoms with van der Waals surface area (Å²) in [7, 11) is 0. The van der Waals surface area contributed by atoms with Gasteiger partial charge in [-0.05, 0) is 30.9 Å². The molecule has 1 heterocycles. The van der Waals surface area contributed by atoms with Crippen molar-refractivity contribution in [3.05, 3.63) is 35.4 Å². The van der Waals surface area contributed by atoms with Crippen LogP contribution in [0.1, 0.15) is 24.0 Å². The number of nitrogens with one attached hydrogen (secondary N) is 2. The first-order valence-electron chi connectivity index (χ1n) is 9.03. The smallest absolute Gasteiger partial charge is 0.235 e. The van der Waals surface area contributed by atoms with Crippen molar-refractivity contribution >= 4 is 11.8 Å². The van der Waals surface area contributed by atoms with Crippen molar-refractivity contribution in [2.75, 3.05) is 39.4 Å². The normalized spacial score (nSPS) is 19.2. The number of morpholine rings is 1. The maximum Gasteiger partial charge on any atom is 0.235 e. The molecule has 0 unspecified atom stereocenters. The van der Waals surface area contributed by atoms with E-state index in [1.807, 2.05) is 31.2 Å². The van der Waals surface area contributed by atoms with Crippen LogP contribution < -0.4 is 10.6 Å². The van der Waals surface area contributed by atoms with Gasteiger partial charge in [-0.1, -0.05) is 24.3 Å². The maximum absolute atomic E-state index is 12.5. The highest BCUT2D eigenvalue weighted by molar-refractivity contribution is 6.07. The summed E-state index contributed by atoms with van der Waals surface area (Å²) in [5, 5.41) is 5.88. The molecule has 1 aromatic carbocycles. The lowest BCUT2D eigenvalue weighted by Gasteiger charge is -2.26. The van der Waals surface area contributed by atoms with E-state index in [-0.39, 0.29) is 11.8 Å². The highest BCUT2D eigenvalue weighted by atomic mass is 16.5. The minimum absolute atomic E-state index is 0.136. The highest BCUT2D eigenvalue weighted by Gasteiger charge is 2.56. The van der Waals surface area contributed by atoms with Gasteiger partial charge in [-0.15, -0.1) is 0 Å². The minimum atomic E-state index is -0.853. The molecule has 2 fully saturated rings. The standard InChI is InChI=1S/C19H27N3O3/c1-15-4-2-3-5-16(15)14-21-18(24)19(6-7-19)17(23)20-8-9-22-10-12-25-13-11-22/h2-5H,6-14H2,1H3,(H,20,23)(H,21,24). The Morgan fingerprint density at radius 1 is 1.12 bits per heavy atom. The molecule has 2 N–H and O–H groups in total. The van der Waals surface area contributed by atoms with Crippen LogP contribution in [-0.4, -0.2) is 56.1 Å². The predicted molar refractivity (Wildman–Crippen MR) is 95.0 cm³/mol. The number of amides is 2. The third-order valence-corrected chi connectivity index (χ3v) is 5.14. The van der Waals surface area contributed by atoms with Crippen molar-refractivity contribution in [1.82, 2.24) is 15.5 Å². The predicted octanol–water partition coefficient (Wildman–Crippen LogP) is 0.840. The van der Waals surface area contributed by atoms with Crippen molar-refractivity contribution < 1.29 is 14.3 Å². The van der Waals surface area contributed by atoms with E-state index in [0.717, 1.165) is 44.0 Å². The van der Waals surface area contributed by atoms with E-state index in [1.165, 1.54) is 0 Å². The second-order valence-electron chi connectivity index (χ2n) is 6.90. The van der Waals surface area contributed by atoms with E-state index in [1.54, 1.807) is 0 Å². The van der Waals surface area contributed by atoms with Crippen LogP contribution in [-0.2, 0) is 20.9 Å². The molecule has 0 atom stereocenters. The van der Waals surface area contributed by atoms with Crippen LogP contribution in [0.5, 0.6) is 0 Å². The van der Waals surface area contributed by atoms with Crippen LogP contribution in [0, 0.1) is 12.3 Å². The summed E-state index contributed by atoms with van der Waals surface area (Å²) < 4.78 is 5.31. The van der Waals surface area contributed by atoms with Gasteiger partial charge in [0.15, 0.2) is 0 Å². The first kappa shape index (κ1) is 17.9. The number of hydrogen-bond donors (Lipinski definition) is 2. The van der Waals surface area contributed by atoms with Gasteiger partial charge < -0.3 is 15.4 Å². The first-order valence-corrected chi connectivity index (χ1v) is 9.03. The van der Waals surface area contributed by atoms with E-state index < -0.39 is 5.41 Å². The van der Waals surface area contributed by atoms with Crippen LogP contribution >= 0.6 is 0 Å². The maximum atomic E-state index is 12.5. The SMILES string of the molecule is Cc1ccccc1CNC(=O)C1(C(=O)NCCN2CCOCC2)CC1. The average molecular weight is 345 g/mol. The molecular weight excluding hydrogens is 318 g/mol. The third kappa shape index (κ3) is 4.38. The van der Waals surface area contributed by atoms with E-state index in [0.29, 0.717) is 25.9 Å². The molecule has 3 rings (SSSR count). The van der Waals surface area contributed by atoms with E-state index in [4.69, 9.17) is 4.74 Å². The fourth-order valence-electron chi connectivity index (χ4n) is 3.16. The molecule has 0 bridgehead atoms. The van der Waals surface area contributed by atoms with Crippen molar-refractivity contribution in [1.29, 1.82) is 0 Å². The monoisotopic (exact) mass is 345 g/mol. The molecule has 1 saturated heterocycles. The van der Waals surface area contributed by atoms with Crippen molar-refractivity contribution in [3.8, 4) is 0 Å². The lowest BCUT2D eigenvalue weighted by Crippen LogP contribution is -2.46. The lowest BCUT2D eigenvalue weighted by atomic mass is 10.0. The molecule has 0 aromatic heterocycles. The summed E-state index contributed by atoms with van der Waals surface area (Å²) >= 11 is 0. The number of rotatable bonds is 7. The second-order valence-corrected chi connectivity index (χ2v) is 6.90. The zero-order valence-electron chi connectivity index (χ0n) is 14.8. The van der Waals surface area contributed by atoms with Gasteiger partial charge in [0.2, 0.25) is 11.8 Å². The van der Waals surface area contributed by atoms with Crippen LogP contribution in [0.2, 0.25) is 0 Å². The number of nitrogens with zero attached hydrogens (tertiary/aromatic N) is 1. The molecular formula is C19H27N3O3. The quantitative estimate of drug-likeness (QED) is 0.719. The van der Waals surface area contributed by atoms with E-state index >= 15 is 0 Å². The van der Waals surface area contributed by atoms with Gasteiger partial charge in [-0.3, -0.25) is 14.5 Å². The minimum Gasteiger partial charge on any atom is -0.379 e. The van der Waals surface area contributed by atoms with Crippen molar-refractivity contribution in [3.63, 3.8) is 0 Å². The van der Waals surface area contributed by atoms with Crippen LogP contribution in [0.25, 0.3) is 0 Å². The van der Waals surface area contributed by atoms with Gasteiger partial charge in [-0.25, -0.2) is 0 Å². The fraction of sp³-hybridized carbons (Fsp3) is 0.579. The van der Waals surface area contributed by atoms with E-state index in [2.05, 4.69) is 15.5 Å². The molecule has 0 spiro atoms. The molecule has 136 valence electrons. The summed E-state index contributed by atoms with van der Waals surface area (Å²) in [6.07, 6.45) is 1.27. The molecule has 2 amide bonds. The molecule has 25 heavy (non-hydrogen) atoms. The Labute approximate surface area is 148 Å². The van der Waals surface area contributed by atoms with Gasteiger partial charge in [0.25, 0.3) is 0 Å². The van der Waals surface area contributed by atoms with Gasteiger partial charge >= 0.3 is 0 Å². The summed E-state index contributed by atoms with van der Waals surface area (Å²) in [5.41, 5.74) is 1.37. The lowest BCUT2D eigenvalue weighted by molar-refractivity contribution is -0.137.